The molecule has 1 saturated carbocycles. The third-order valence-electron chi connectivity index (χ3n) is 4.20. The first-order valence-electron chi connectivity index (χ1n) is 8.33. The molecule has 0 radical (unpaired) electrons. The van der Waals surface area contributed by atoms with E-state index < -0.39 is 0 Å². The zero-order valence-electron chi connectivity index (χ0n) is 14.1. The highest BCUT2D eigenvalue weighted by Crippen LogP contribution is 2.27. The van der Waals surface area contributed by atoms with Gasteiger partial charge in [0.1, 0.15) is 0 Å². The van der Waals surface area contributed by atoms with Crippen molar-refractivity contribution < 1.29 is 9.59 Å². The molecule has 1 heterocycles. The fourth-order valence-corrected chi connectivity index (χ4v) is 4.08. The Labute approximate surface area is 155 Å². The Hall–Kier alpha value is -1.86. The lowest BCUT2D eigenvalue weighted by molar-refractivity contribution is -0.119. The lowest BCUT2D eigenvalue weighted by atomic mass is 10.1. The topological polar surface area (TPSA) is 71.1 Å². The van der Waals surface area contributed by atoms with Crippen molar-refractivity contribution in [3.63, 3.8) is 0 Å². The SMILES string of the molecule is CSc1cccc(NC(=O)Cc2csc(NC(=O)C3CCCC3)n2)c1. The van der Waals surface area contributed by atoms with Crippen molar-refractivity contribution in [2.75, 3.05) is 16.9 Å². The van der Waals surface area contributed by atoms with Crippen molar-refractivity contribution in [2.24, 2.45) is 5.92 Å². The predicted molar refractivity (Wildman–Crippen MR) is 103 cm³/mol. The maximum Gasteiger partial charge on any atom is 0.230 e. The summed E-state index contributed by atoms with van der Waals surface area (Å²) in [5.74, 6) is 0.0494. The molecule has 0 saturated heterocycles. The van der Waals surface area contributed by atoms with Crippen LogP contribution in [0, 0.1) is 5.92 Å². The van der Waals surface area contributed by atoms with E-state index in [2.05, 4.69) is 15.6 Å². The number of nitrogens with one attached hydrogen (secondary N) is 2. The van der Waals surface area contributed by atoms with Crippen molar-refractivity contribution in [1.82, 2.24) is 4.98 Å². The number of hydrogen-bond donors (Lipinski definition) is 2. The zero-order chi connectivity index (χ0) is 17.6. The smallest absolute Gasteiger partial charge is 0.230 e. The summed E-state index contributed by atoms with van der Waals surface area (Å²) in [6.07, 6.45) is 6.36. The van der Waals surface area contributed by atoms with E-state index >= 15 is 0 Å². The molecular weight excluding hydrogens is 354 g/mol. The molecule has 25 heavy (non-hydrogen) atoms. The predicted octanol–water partition coefficient (Wildman–Crippen LogP) is 4.17. The number of benzene rings is 1. The number of carbonyl (C=O) groups excluding carboxylic acids is 2. The van der Waals surface area contributed by atoms with Crippen LogP contribution in [0.1, 0.15) is 31.4 Å². The maximum atomic E-state index is 12.2. The third-order valence-corrected chi connectivity index (χ3v) is 5.73. The molecule has 0 bridgehead atoms. The van der Waals surface area contributed by atoms with Crippen LogP contribution in [-0.4, -0.2) is 23.1 Å². The molecule has 1 aliphatic carbocycles. The lowest BCUT2D eigenvalue weighted by Gasteiger charge is -2.07. The van der Waals surface area contributed by atoms with E-state index in [1.54, 1.807) is 11.8 Å². The standard InChI is InChI=1S/C18H21N3O2S2/c1-24-15-8-4-7-13(9-15)19-16(22)10-14-11-25-18(20-14)21-17(23)12-5-2-3-6-12/h4,7-9,11-12H,2-3,5-6,10H2,1H3,(H,19,22)(H,20,21,23). The fourth-order valence-electron chi connectivity index (χ4n) is 2.91. The number of rotatable bonds is 6. The monoisotopic (exact) mass is 375 g/mol. The third kappa shape index (κ3) is 5.06. The Morgan fingerprint density at radius 2 is 2.08 bits per heavy atom. The molecule has 1 aliphatic rings. The van der Waals surface area contributed by atoms with E-state index in [1.807, 2.05) is 35.9 Å². The molecule has 7 heteroatoms. The number of thioether (sulfide) groups is 1. The van der Waals surface area contributed by atoms with E-state index in [-0.39, 0.29) is 24.2 Å². The van der Waals surface area contributed by atoms with Crippen LogP contribution < -0.4 is 10.6 Å². The van der Waals surface area contributed by atoms with Gasteiger partial charge in [-0.25, -0.2) is 4.98 Å². The molecule has 0 spiro atoms. The van der Waals surface area contributed by atoms with E-state index in [0.29, 0.717) is 10.8 Å². The second-order valence-corrected chi connectivity index (χ2v) is 7.81. The molecule has 2 N–H and O–H groups in total. The van der Waals surface area contributed by atoms with Crippen molar-refractivity contribution >= 4 is 45.7 Å². The van der Waals surface area contributed by atoms with Crippen molar-refractivity contribution in [1.29, 1.82) is 0 Å². The second-order valence-electron chi connectivity index (χ2n) is 6.07. The molecule has 0 unspecified atom stereocenters. The summed E-state index contributed by atoms with van der Waals surface area (Å²) in [5, 5.41) is 8.16. The highest BCUT2D eigenvalue weighted by atomic mass is 32.2. The number of hydrogen-bond acceptors (Lipinski definition) is 5. The Morgan fingerprint density at radius 1 is 1.28 bits per heavy atom. The van der Waals surface area contributed by atoms with Crippen molar-refractivity contribution in [2.45, 2.75) is 37.0 Å². The highest BCUT2D eigenvalue weighted by Gasteiger charge is 2.23. The van der Waals surface area contributed by atoms with Crippen LogP contribution in [0.3, 0.4) is 0 Å². The second kappa shape index (κ2) is 8.49. The molecule has 0 aliphatic heterocycles. The molecule has 3 rings (SSSR count). The molecule has 2 amide bonds. The summed E-state index contributed by atoms with van der Waals surface area (Å²) in [5.41, 5.74) is 1.45. The minimum Gasteiger partial charge on any atom is -0.326 e. The van der Waals surface area contributed by atoms with Gasteiger partial charge in [0.25, 0.3) is 0 Å². The normalized spacial score (nSPS) is 14.4. The van der Waals surface area contributed by atoms with Gasteiger partial charge in [-0.2, -0.15) is 0 Å². The van der Waals surface area contributed by atoms with Crippen LogP contribution in [0.4, 0.5) is 10.8 Å². The first-order chi connectivity index (χ1) is 12.1. The first kappa shape index (κ1) is 17.9. The van der Waals surface area contributed by atoms with Gasteiger partial charge in [0, 0.05) is 21.9 Å². The Morgan fingerprint density at radius 3 is 2.84 bits per heavy atom. The van der Waals surface area contributed by atoms with E-state index in [0.717, 1.165) is 36.3 Å². The first-order valence-corrected chi connectivity index (χ1v) is 10.4. The molecular formula is C18H21N3O2S2. The van der Waals surface area contributed by atoms with Gasteiger partial charge in [0.2, 0.25) is 11.8 Å². The van der Waals surface area contributed by atoms with Gasteiger partial charge in [0.05, 0.1) is 12.1 Å². The van der Waals surface area contributed by atoms with Crippen LogP contribution >= 0.6 is 23.1 Å². The summed E-state index contributed by atoms with van der Waals surface area (Å²) in [7, 11) is 0. The Bertz CT molecular complexity index is 754. The lowest BCUT2D eigenvalue weighted by Crippen LogP contribution is -2.20. The van der Waals surface area contributed by atoms with Crippen molar-refractivity contribution in [3.8, 4) is 0 Å². The molecule has 5 nitrogen and oxygen atoms in total. The number of carbonyl (C=O) groups is 2. The van der Waals surface area contributed by atoms with Gasteiger partial charge in [-0.3, -0.25) is 9.59 Å². The van der Waals surface area contributed by atoms with Crippen LogP contribution in [0.15, 0.2) is 34.5 Å². The molecule has 0 atom stereocenters. The summed E-state index contributed by atoms with van der Waals surface area (Å²) < 4.78 is 0. The molecule has 2 aromatic rings. The van der Waals surface area contributed by atoms with Crippen LogP contribution in [0.5, 0.6) is 0 Å². The number of nitrogens with zero attached hydrogens (tertiary/aromatic N) is 1. The van der Waals surface area contributed by atoms with Gasteiger partial charge >= 0.3 is 0 Å². The van der Waals surface area contributed by atoms with E-state index in [9.17, 15) is 9.59 Å². The van der Waals surface area contributed by atoms with Gasteiger partial charge in [0.15, 0.2) is 5.13 Å². The van der Waals surface area contributed by atoms with Crippen LogP contribution in [0.25, 0.3) is 0 Å². The number of aromatic nitrogens is 1. The summed E-state index contributed by atoms with van der Waals surface area (Å²) >= 11 is 3.00. The summed E-state index contributed by atoms with van der Waals surface area (Å²) in [6.45, 7) is 0. The summed E-state index contributed by atoms with van der Waals surface area (Å²) in [4.78, 5) is 29.8. The summed E-state index contributed by atoms with van der Waals surface area (Å²) in [6, 6.07) is 7.73. The van der Waals surface area contributed by atoms with Gasteiger partial charge in [-0.15, -0.1) is 23.1 Å². The molecule has 1 fully saturated rings. The Kier molecular flexibility index (Phi) is 6.09. The average molecular weight is 376 g/mol. The minimum atomic E-state index is -0.114. The van der Waals surface area contributed by atoms with Crippen molar-refractivity contribution in [3.05, 3.63) is 35.3 Å². The fraction of sp³-hybridized carbons (Fsp3) is 0.389. The average Bonchev–Trinajstić information content (AvgIpc) is 3.27. The van der Waals surface area contributed by atoms with Crippen LogP contribution in [-0.2, 0) is 16.0 Å². The Balaban J connectivity index is 1.53. The quantitative estimate of drug-likeness (QED) is 0.743. The number of amides is 2. The van der Waals surface area contributed by atoms with E-state index in [1.165, 1.54) is 11.3 Å². The van der Waals surface area contributed by atoms with Crippen LogP contribution in [0.2, 0.25) is 0 Å². The molecule has 1 aromatic carbocycles. The molecule has 132 valence electrons. The largest absolute Gasteiger partial charge is 0.326 e. The minimum absolute atomic E-state index is 0.0525. The van der Waals surface area contributed by atoms with Gasteiger partial charge in [-0.1, -0.05) is 18.9 Å². The maximum absolute atomic E-state index is 12.2. The van der Waals surface area contributed by atoms with Gasteiger partial charge in [-0.05, 0) is 37.3 Å². The zero-order valence-corrected chi connectivity index (χ0v) is 15.7. The van der Waals surface area contributed by atoms with Gasteiger partial charge < -0.3 is 10.6 Å². The number of thiazole rings is 1. The number of anilines is 2. The molecule has 1 aromatic heterocycles. The highest BCUT2D eigenvalue weighted by molar-refractivity contribution is 7.98. The van der Waals surface area contributed by atoms with E-state index in [4.69, 9.17) is 0 Å².